The Morgan fingerprint density at radius 3 is 2.35 bits per heavy atom. The molecule has 0 bridgehead atoms. The van der Waals surface area contributed by atoms with Gasteiger partial charge in [-0.3, -0.25) is 14.5 Å². The van der Waals surface area contributed by atoms with Crippen molar-refractivity contribution < 1.29 is 27.9 Å². The van der Waals surface area contributed by atoms with Crippen molar-refractivity contribution in [1.82, 2.24) is 0 Å². The van der Waals surface area contributed by atoms with Crippen molar-refractivity contribution in [3.05, 3.63) is 89.1 Å². The molecule has 0 aliphatic carbocycles. The van der Waals surface area contributed by atoms with Crippen LogP contribution in [0.1, 0.15) is 11.5 Å². The first-order valence-corrected chi connectivity index (χ1v) is 11.5. The molecule has 34 heavy (non-hydrogen) atoms. The second kappa shape index (κ2) is 7.33. The fraction of sp³-hybridized carbons (Fsp3) is 0.0435. The molecule has 2 aliphatic heterocycles. The molecule has 3 aromatic carbocycles. The molecule has 1 atom stereocenters. The zero-order valence-corrected chi connectivity index (χ0v) is 18.2. The lowest BCUT2D eigenvalue weighted by molar-refractivity contribution is -0.116. The summed E-state index contributed by atoms with van der Waals surface area (Å²) in [6.07, 6.45) is 0. The Hall–Kier alpha value is -4.35. The highest BCUT2D eigenvalue weighted by Gasteiger charge is 2.47. The lowest BCUT2D eigenvalue weighted by atomic mass is 9.77. The number of aliphatic hydroxyl groups is 1. The van der Waals surface area contributed by atoms with Gasteiger partial charge in [-0.15, -0.1) is 0 Å². The molecule has 0 saturated heterocycles. The molecule has 7 N–H and O–H groups in total. The van der Waals surface area contributed by atoms with Gasteiger partial charge in [-0.2, -0.15) is 0 Å². The first kappa shape index (κ1) is 21.5. The molecule has 3 aromatic rings. The minimum absolute atomic E-state index is 0.113. The smallest absolute Gasteiger partial charge is 0.292 e. The number of benzene rings is 3. The summed E-state index contributed by atoms with van der Waals surface area (Å²) in [7, 11) is -3.97. The molecule has 0 radical (unpaired) electrons. The summed E-state index contributed by atoms with van der Waals surface area (Å²) in [5.41, 5.74) is 12.3. The van der Waals surface area contributed by atoms with E-state index in [1.165, 1.54) is 24.3 Å². The normalized spacial score (nSPS) is 18.0. The summed E-state index contributed by atoms with van der Waals surface area (Å²) >= 11 is 0. The van der Waals surface area contributed by atoms with Crippen molar-refractivity contribution in [3.8, 4) is 5.75 Å². The first-order valence-electron chi connectivity index (χ1n) is 9.99. The average Bonchev–Trinajstić information content (AvgIpc) is 2.78. The van der Waals surface area contributed by atoms with E-state index in [9.17, 15) is 23.1 Å². The molecular weight excluding hydrogens is 460 g/mol. The molecule has 11 heteroatoms. The minimum Gasteiger partial charge on any atom is -0.480 e. The number of anilines is 1. The van der Waals surface area contributed by atoms with E-state index >= 15 is 0 Å². The maximum Gasteiger partial charge on any atom is 0.292 e. The van der Waals surface area contributed by atoms with Crippen LogP contribution >= 0.6 is 0 Å². The van der Waals surface area contributed by atoms with Crippen LogP contribution in [0.2, 0.25) is 0 Å². The van der Waals surface area contributed by atoms with E-state index in [0.29, 0.717) is 10.9 Å². The van der Waals surface area contributed by atoms with Gasteiger partial charge in [0.2, 0.25) is 15.9 Å². The van der Waals surface area contributed by atoms with Crippen molar-refractivity contribution >= 4 is 38.3 Å². The summed E-state index contributed by atoms with van der Waals surface area (Å²) in [5, 5.41) is 17.3. The van der Waals surface area contributed by atoms with Gasteiger partial charge in [0.15, 0.2) is 0 Å². The van der Waals surface area contributed by atoms with Gasteiger partial charge in [0, 0.05) is 5.56 Å². The van der Waals surface area contributed by atoms with Gasteiger partial charge < -0.3 is 21.3 Å². The predicted molar refractivity (Wildman–Crippen MR) is 123 cm³/mol. The highest BCUT2D eigenvalue weighted by atomic mass is 32.2. The molecule has 0 aromatic heterocycles. The van der Waals surface area contributed by atoms with Crippen LogP contribution in [0, 0.1) is 0 Å². The third-order valence-corrected chi connectivity index (χ3v) is 6.80. The summed E-state index contributed by atoms with van der Waals surface area (Å²) in [5.74, 6) is -3.40. The minimum atomic E-state index is -3.97. The molecule has 0 fully saturated rings. The SMILES string of the molecule is NC(=O)C1=C(N)N(c2ccc(S(N)(=O)=O)cc2)C(=O)C2=C(O)Oc3ccc4ccccc4c3C21. The second-order valence-corrected chi connectivity index (χ2v) is 9.36. The first-order chi connectivity index (χ1) is 16.1. The largest absolute Gasteiger partial charge is 0.480 e. The number of primary amides is 1. The number of nitrogens with zero attached hydrogens (tertiary/aromatic N) is 1. The lowest BCUT2D eigenvalue weighted by Gasteiger charge is -2.38. The average molecular weight is 478 g/mol. The Bertz CT molecular complexity index is 1570. The van der Waals surface area contributed by atoms with E-state index in [0.717, 1.165) is 10.3 Å². The van der Waals surface area contributed by atoms with E-state index in [1.807, 2.05) is 12.1 Å². The standard InChI is InChI=1S/C23H18N4O6S/c24-20-18(21(25)28)17-16-14-4-2-1-3-11(14)5-10-15(16)33-23(30)19(17)22(29)27(20)12-6-8-13(9-7-12)34(26,31)32/h1-10,17,30H,24H2,(H2,25,28)(H2,26,31,32). The van der Waals surface area contributed by atoms with Gasteiger partial charge in [-0.05, 0) is 41.1 Å². The molecule has 5 rings (SSSR count). The van der Waals surface area contributed by atoms with Gasteiger partial charge >= 0.3 is 0 Å². The second-order valence-electron chi connectivity index (χ2n) is 7.80. The number of carbonyl (C=O) groups is 2. The van der Waals surface area contributed by atoms with Crippen molar-refractivity contribution in [2.75, 3.05) is 4.90 Å². The van der Waals surface area contributed by atoms with Gasteiger partial charge in [0.1, 0.15) is 17.1 Å². The molecule has 0 spiro atoms. The quantitative estimate of drug-likeness (QED) is 0.439. The Kier molecular flexibility index (Phi) is 4.64. The molecule has 172 valence electrons. The fourth-order valence-corrected chi connectivity index (χ4v) is 4.92. The van der Waals surface area contributed by atoms with E-state index in [1.54, 1.807) is 24.3 Å². The van der Waals surface area contributed by atoms with Crippen molar-refractivity contribution in [2.45, 2.75) is 10.8 Å². The summed E-state index contributed by atoms with van der Waals surface area (Å²) in [4.78, 5) is 27.0. The topological polar surface area (TPSA) is 179 Å². The summed E-state index contributed by atoms with van der Waals surface area (Å²) in [6, 6.07) is 15.7. The molecule has 2 aliphatic rings. The number of rotatable bonds is 3. The number of ether oxygens (including phenoxy) is 1. The van der Waals surface area contributed by atoms with Crippen LogP contribution in [0.3, 0.4) is 0 Å². The van der Waals surface area contributed by atoms with Crippen LogP contribution in [0.5, 0.6) is 5.75 Å². The Labute approximate surface area is 193 Å². The predicted octanol–water partition coefficient (Wildman–Crippen LogP) is 1.44. The number of hydrogen-bond donors (Lipinski definition) is 4. The van der Waals surface area contributed by atoms with E-state index in [-0.39, 0.29) is 33.3 Å². The molecular formula is C23H18N4O6S. The maximum absolute atomic E-state index is 13.6. The Balaban J connectivity index is 1.77. The molecule has 10 nitrogen and oxygen atoms in total. The third kappa shape index (κ3) is 3.10. The van der Waals surface area contributed by atoms with Crippen LogP contribution in [0.4, 0.5) is 5.69 Å². The van der Waals surface area contributed by atoms with Gasteiger partial charge in [-0.1, -0.05) is 30.3 Å². The number of aliphatic hydroxyl groups excluding tert-OH is 1. The molecule has 2 heterocycles. The Morgan fingerprint density at radius 1 is 1.03 bits per heavy atom. The summed E-state index contributed by atoms with van der Waals surface area (Å²) < 4.78 is 28.7. The number of primary sulfonamides is 1. The number of hydrogen-bond acceptors (Lipinski definition) is 7. The molecule has 1 unspecified atom stereocenters. The van der Waals surface area contributed by atoms with Gasteiger partial charge in [-0.25, -0.2) is 13.6 Å². The number of nitrogens with two attached hydrogens (primary N) is 3. The van der Waals surface area contributed by atoms with Crippen molar-refractivity contribution in [1.29, 1.82) is 0 Å². The van der Waals surface area contributed by atoms with Crippen LogP contribution in [-0.4, -0.2) is 25.3 Å². The van der Waals surface area contributed by atoms with Gasteiger partial charge in [0.05, 0.1) is 22.1 Å². The maximum atomic E-state index is 13.6. The van der Waals surface area contributed by atoms with Crippen LogP contribution in [0.25, 0.3) is 10.8 Å². The number of fused-ring (bicyclic) bond motifs is 5. The third-order valence-electron chi connectivity index (χ3n) is 5.87. The fourth-order valence-electron chi connectivity index (χ4n) is 4.40. The summed E-state index contributed by atoms with van der Waals surface area (Å²) in [6.45, 7) is 0. The molecule has 2 amide bonds. The van der Waals surface area contributed by atoms with Crippen LogP contribution in [-0.2, 0) is 19.6 Å². The zero-order valence-electron chi connectivity index (χ0n) is 17.4. The molecule has 0 saturated carbocycles. The highest BCUT2D eigenvalue weighted by Crippen LogP contribution is 2.50. The zero-order chi connectivity index (χ0) is 24.4. The monoisotopic (exact) mass is 478 g/mol. The Morgan fingerprint density at radius 2 is 1.71 bits per heavy atom. The number of sulfonamides is 1. The number of amides is 2. The van der Waals surface area contributed by atoms with E-state index < -0.39 is 33.7 Å². The van der Waals surface area contributed by atoms with E-state index in [2.05, 4.69) is 0 Å². The van der Waals surface area contributed by atoms with E-state index in [4.69, 9.17) is 21.3 Å². The van der Waals surface area contributed by atoms with Crippen LogP contribution in [0.15, 0.2) is 88.5 Å². The van der Waals surface area contributed by atoms with Crippen molar-refractivity contribution in [3.63, 3.8) is 0 Å². The van der Waals surface area contributed by atoms with Crippen LogP contribution < -0.4 is 26.2 Å². The lowest BCUT2D eigenvalue weighted by Crippen LogP contribution is -2.46. The highest BCUT2D eigenvalue weighted by molar-refractivity contribution is 7.89. The van der Waals surface area contributed by atoms with Gasteiger partial charge in [0.25, 0.3) is 11.9 Å². The number of carbonyl (C=O) groups excluding carboxylic acids is 2. The van der Waals surface area contributed by atoms with Crippen molar-refractivity contribution in [2.24, 2.45) is 16.6 Å².